The molecule has 1 aromatic heterocycles. The first-order valence-electron chi connectivity index (χ1n) is 6.82. The van der Waals surface area contributed by atoms with Crippen LogP contribution in [-0.4, -0.2) is 14.8 Å². The van der Waals surface area contributed by atoms with Gasteiger partial charge in [-0.05, 0) is 37.0 Å². The lowest BCUT2D eigenvalue weighted by molar-refractivity contribution is 0.382. The average Bonchev–Trinajstić information content (AvgIpc) is 2.74. The molecule has 2 unspecified atom stereocenters. The summed E-state index contributed by atoms with van der Waals surface area (Å²) in [7, 11) is 0. The molecule has 4 heteroatoms. The Morgan fingerprint density at radius 3 is 2.79 bits per heavy atom. The Balaban J connectivity index is 1.94. The van der Waals surface area contributed by atoms with Crippen molar-refractivity contribution in [3.05, 3.63) is 40.7 Å². The summed E-state index contributed by atoms with van der Waals surface area (Å²) in [5, 5.41) is 4.30. The van der Waals surface area contributed by atoms with Crippen molar-refractivity contribution in [2.75, 3.05) is 5.73 Å². The molecule has 1 aliphatic heterocycles. The molecule has 2 aromatic rings. The van der Waals surface area contributed by atoms with Crippen LogP contribution in [0.25, 0.3) is 0 Å². The van der Waals surface area contributed by atoms with Gasteiger partial charge in [0.15, 0.2) is 0 Å². The predicted octanol–water partition coefficient (Wildman–Crippen LogP) is 2.77. The van der Waals surface area contributed by atoms with Gasteiger partial charge in [-0.15, -0.1) is 5.10 Å². The summed E-state index contributed by atoms with van der Waals surface area (Å²) in [5.74, 6) is 2.33. The SMILES string of the molecule is Cc1ccc(C2CC(C)c3nc(N)nn3C2)cc1C. The number of hydrogen-bond acceptors (Lipinski definition) is 3. The molecule has 2 atom stereocenters. The summed E-state index contributed by atoms with van der Waals surface area (Å²) >= 11 is 0. The molecule has 0 saturated carbocycles. The number of benzene rings is 1. The van der Waals surface area contributed by atoms with E-state index in [9.17, 15) is 0 Å². The van der Waals surface area contributed by atoms with E-state index in [1.807, 2.05) is 4.68 Å². The molecule has 0 spiro atoms. The second-order valence-corrected chi connectivity index (χ2v) is 5.69. The van der Waals surface area contributed by atoms with Gasteiger partial charge < -0.3 is 5.73 Å². The van der Waals surface area contributed by atoms with E-state index in [1.54, 1.807) is 0 Å². The third-order valence-corrected chi connectivity index (χ3v) is 4.19. The zero-order valence-electron chi connectivity index (χ0n) is 11.7. The molecule has 0 aliphatic carbocycles. The van der Waals surface area contributed by atoms with Crippen LogP contribution in [0.3, 0.4) is 0 Å². The molecule has 0 amide bonds. The lowest BCUT2D eigenvalue weighted by Crippen LogP contribution is -2.22. The zero-order valence-corrected chi connectivity index (χ0v) is 11.7. The zero-order chi connectivity index (χ0) is 13.6. The highest BCUT2D eigenvalue weighted by Crippen LogP contribution is 2.35. The summed E-state index contributed by atoms with van der Waals surface area (Å²) in [5.41, 5.74) is 9.80. The van der Waals surface area contributed by atoms with Crippen molar-refractivity contribution < 1.29 is 0 Å². The number of aryl methyl sites for hydroxylation is 2. The maximum absolute atomic E-state index is 5.71. The molecular formula is C15H20N4. The molecule has 2 N–H and O–H groups in total. The molecule has 100 valence electrons. The van der Waals surface area contributed by atoms with E-state index < -0.39 is 0 Å². The molecule has 0 saturated heterocycles. The minimum absolute atomic E-state index is 0.391. The molecule has 1 aliphatic rings. The molecule has 0 fully saturated rings. The summed E-state index contributed by atoms with van der Waals surface area (Å²) in [4.78, 5) is 4.32. The predicted molar refractivity (Wildman–Crippen MR) is 76.1 cm³/mol. The van der Waals surface area contributed by atoms with E-state index in [2.05, 4.69) is 49.1 Å². The smallest absolute Gasteiger partial charge is 0.239 e. The quantitative estimate of drug-likeness (QED) is 0.853. The van der Waals surface area contributed by atoms with Gasteiger partial charge in [-0.3, -0.25) is 0 Å². The summed E-state index contributed by atoms with van der Waals surface area (Å²) < 4.78 is 1.98. The number of hydrogen-bond donors (Lipinski definition) is 1. The van der Waals surface area contributed by atoms with Crippen LogP contribution in [0.2, 0.25) is 0 Å². The first-order chi connectivity index (χ1) is 9.04. The molecule has 2 heterocycles. The van der Waals surface area contributed by atoms with Gasteiger partial charge in [0.25, 0.3) is 0 Å². The maximum Gasteiger partial charge on any atom is 0.239 e. The van der Waals surface area contributed by atoms with Gasteiger partial charge in [-0.25, -0.2) is 4.68 Å². The first-order valence-corrected chi connectivity index (χ1v) is 6.82. The number of fused-ring (bicyclic) bond motifs is 1. The van der Waals surface area contributed by atoms with Crippen LogP contribution < -0.4 is 5.73 Å². The Hall–Kier alpha value is -1.84. The van der Waals surface area contributed by atoms with Crippen LogP contribution >= 0.6 is 0 Å². The Kier molecular flexibility index (Phi) is 2.81. The third kappa shape index (κ3) is 2.11. The van der Waals surface area contributed by atoms with Gasteiger partial charge in [0.2, 0.25) is 5.95 Å². The number of anilines is 1. The monoisotopic (exact) mass is 256 g/mol. The standard InChI is InChI=1S/C15H20N4/c1-9-4-5-12(6-10(9)2)13-7-11(3)14-17-15(16)18-19(14)8-13/h4-6,11,13H,7-8H2,1-3H3,(H2,16,18). The number of rotatable bonds is 1. The van der Waals surface area contributed by atoms with Gasteiger partial charge in [0, 0.05) is 18.4 Å². The van der Waals surface area contributed by atoms with E-state index in [0.29, 0.717) is 17.8 Å². The highest BCUT2D eigenvalue weighted by Gasteiger charge is 2.28. The van der Waals surface area contributed by atoms with E-state index in [0.717, 1.165) is 18.8 Å². The largest absolute Gasteiger partial charge is 0.366 e. The van der Waals surface area contributed by atoms with Crippen LogP contribution in [0.1, 0.15) is 47.7 Å². The van der Waals surface area contributed by atoms with Gasteiger partial charge >= 0.3 is 0 Å². The first kappa shape index (κ1) is 12.2. The summed E-state index contributed by atoms with van der Waals surface area (Å²) in [6.45, 7) is 7.41. The fraction of sp³-hybridized carbons (Fsp3) is 0.467. The van der Waals surface area contributed by atoms with Gasteiger partial charge in [0.1, 0.15) is 5.82 Å². The normalized spacial score (nSPS) is 22.3. The number of nitrogen functional groups attached to an aromatic ring is 1. The van der Waals surface area contributed by atoms with Crippen molar-refractivity contribution in [2.24, 2.45) is 0 Å². The van der Waals surface area contributed by atoms with Crippen molar-refractivity contribution in [1.82, 2.24) is 14.8 Å². The summed E-state index contributed by atoms with van der Waals surface area (Å²) in [6.07, 6.45) is 1.11. The molecule has 0 radical (unpaired) electrons. The van der Waals surface area contributed by atoms with Crippen LogP contribution in [0.15, 0.2) is 18.2 Å². The van der Waals surface area contributed by atoms with Crippen LogP contribution in [0, 0.1) is 13.8 Å². The van der Waals surface area contributed by atoms with Crippen molar-refractivity contribution >= 4 is 5.95 Å². The van der Waals surface area contributed by atoms with E-state index >= 15 is 0 Å². The molecule has 19 heavy (non-hydrogen) atoms. The van der Waals surface area contributed by atoms with Crippen LogP contribution in [0.5, 0.6) is 0 Å². The molecule has 3 rings (SSSR count). The number of aromatic nitrogens is 3. The summed E-state index contributed by atoms with van der Waals surface area (Å²) in [6, 6.07) is 6.75. The number of nitrogens with zero attached hydrogens (tertiary/aromatic N) is 3. The minimum Gasteiger partial charge on any atom is -0.366 e. The van der Waals surface area contributed by atoms with Crippen molar-refractivity contribution in [2.45, 2.75) is 45.6 Å². The highest BCUT2D eigenvalue weighted by molar-refractivity contribution is 5.33. The van der Waals surface area contributed by atoms with E-state index in [4.69, 9.17) is 5.73 Å². The van der Waals surface area contributed by atoms with Crippen molar-refractivity contribution in [1.29, 1.82) is 0 Å². The van der Waals surface area contributed by atoms with Crippen molar-refractivity contribution in [3.63, 3.8) is 0 Å². The Morgan fingerprint density at radius 1 is 1.26 bits per heavy atom. The Bertz CT molecular complexity index is 615. The Labute approximate surface area is 113 Å². The van der Waals surface area contributed by atoms with Gasteiger partial charge in [0.05, 0.1) is 0 Å². The second-order valence-electron chi connectivity index (χ2n) is 5.69. The van der Waals surface area contributed by atoms with Crippen LogP contribution in [-0.2, 0) is 6.54 Å². The minimum atomic E-state index is 0.391. The molecular weight excluding hydrogens is 236 g/mol. The van der Waals surface area contributed by atoms with Gasteiger partial charge in [-0.2, -0.15) is 4.98 Å². The molecule has 0 bridgehead atoms. The maximum atomic E-state index is 5.71. The topological polar surface area (TPSA) is 56.7 Å². The fourth-order valence-corrected chi connectivity index (χ4v) is 2.95. The third-order valence-electron chi connectivity index (χ3n) is 4.19. The van der Waals surface area contributed by atoms with Gasteiger partial charge in [-0.1, -0.05) is 25.1 Å². The van der Waals surface area contributed by atoms with E-state index in [-0.39, 0.29) is 0 Å². The number of nitrogens with two attached hydrogens (primary N) is 1. The molecule has 4 nitrogen and oxygen atoms in total. The molecule has 1 aromatic carbocycles. The van der Waals surface area contributed by atoms with E-state index in [1.165, 1.54) is 16.7 Å². The average molecular weight is 256 g/mol. The highest BCUT2D eigenvalue weighted by atomic mass is 15.4. The lowest BCUT2D eigenvalue weighted by Gasteiger charge is -2.27. The second kappa shape index (κ2) is 4.37. The van der Waals surface area contributed by atoms with Crippen molar-refractivity contribution in [3.8, 4) is 0 Å². The lowest BCUT2D eigenvalue weighted by atomic mass is 9.85. The van der Waals surface area contributed by atoms with Crippen LogP contribution in [0.4, 0.5) is 5.95 Å². The Morgan fingerprint density at radius 2 is 2.05 bits per heavy atom. The fourth-order valence-electron chi connectivity index (χ4n) is 2.95.